The van der Waals surface area contributed by atoms with Gasteiger partial charge >= 0.3 is 0 Å². The van der Waals surface area contributed by atoms with Crippen molar-refractivity contribution < 1.29 is 10.1 Å². The Balaban J connectivity index is 2.17. The zero-order valence-corrected chi connectivity index (χ0v) is 11.0. The smallest absolute Gasteiger partial charge is 0.194 e. The Hall–Kier alpha value is -0.940. The largest absolute Gasteiger partial charge is 0.329 e. The minimum absolute atomic E-state index is 0.143. The van der Waals surface area contributed by atoms with Gasteiger partial charge in [-0.05, 0) is 25.0 Å². The molecule has 0 aromatic heterocycles. The SMILES string of the molecule is N=C(CN)c1cc(Cl)ccc1[NH2+]C1CCCCO1. The minimum Gasteiger partial charge on any atom is -0.329 e. The van der Waals surface area contributed by atoms with E-state index in [1.807, 2.05) is 12.1 Å². The molecule has 1 aliphatic heterocycles. The Morgan fingerprint density at radius 3 is 3.00 bits per heavy atom. The van der Waals surface area contributed by atoms with Gasteiger partial charge in [-0.15, -0.1) is 0 Å². The maximum atomic E-state index is 7.89. The molecule has 1 unspecified atom stereocenters. The number of hydrogen-bond donors (Lipinski definition) is 3. The van der Waals surface area contributed by atoms with Gasteiger partial charge in [0.15, 0.2) is 6.23 Å². The second-order valence-corrected chi connectivity index (χ2v) is 4.92. The fourth-order valence-electron chi connectivity index (χ4n) is 2.14. The van der Waals surface area contributed by atoms with E-state index in [2.05, 4.69) is 5.32 Å². The summed E-state index contributed by atoms with van der Waals surface area (Å²) < 4.78 is 5.69. The minimum atomic E-state index is 0.143. The molecule has 0 saturated carbocycles. The first kappa shape index (κ1) is 13.5. The molecule has 18 heavy (non-hydrogen) atoms. The molecule has 5 N–H and O–H groups in total. The van der Waals surface area contributed by atoms with Gasteiger partial charge in [0.2, 0.25) is 0 Å². The van der Waals surface area contributed by atoms with E-state index < -0.39 is 0 Å². The summed E-state index contributed by atoms with van der Waals surface area (Å²) in [6.07, 6.45) is 3.51. The van der Waals surface area contributed by atoms with E-state index in [1.165, 1.54) is 6.42 Å². The Labute approximate surface area is 112 Å². The molecule has 0 radical (unpaired) electrons. The molecule has 1 saturated heterocycles. The van der Waals surface area contributed by atoms with Crippen LogP contribution in [0.15, 0.2) is 18.2 Å². The van der Waals surface area contributed by atoms with Crippen LogP contribution >= 0.6 is 11.6 Å². The molecule has 1 aliphatic rings. The van der Waals surface area contributed by atoms with Crippen molar-refractivity contribution >= 4 is 23.0 Å². The maximum absolute atomic E-state index is 7.89. The third-order valence-corrected chi connectivity index (χ3v) is 3.36. The van der Waals surface area contributed by atoms with Gasteiger partial charge in [-0.3, -0.25) is 5.32 Å². The van der Waals surface area contributed by atoms with Gasteiger partial charge in [0.05, 0.1) is 17.9 Å². The van der Waals surface area contributed by atoms with E-state index in [4.69, 9.17) is 27.5 Å². The van der Waals surface area contributed by atoms with Crippen molar-refractivity contribution in [1.82, 2.24) is 0 Å². The first-order valence-electron chi connectivity index (χ1n) is 6.24. The zero-order valence-electron chi connectivity index (χ0n) is 10.3. The first-order chi connectivity index (χ1) is 8.70. The lowest BCUT2D eigenvalue weighted by atomic mass is 10.1. The van der Waals surface area contributed by atoms with Crippen molar-refractivity contribution in [2.45, 2.75) is 25.5 Å². The summed E-state index contributed by atoms with van der Waals surface area (Å²) in [4.78, 5) is 0. The van der Waals surface area contributed by atoms with Crippen LogP contribution in [0.2, 0.25) is 5.02 Å². The van der Waals surface area contributed by atoms with E-state index in [0.29, 0.717) is 10.7 Å². The molecular formula is C13H19ClN3O+. The van der Waals surface area contributed by atoms with E-state index in [0.717, 1.165) is 30.7 Å². The van der Waals surface area contributed by atoms with Crippen LogP contribution in [0.4, 0.5) is 5.69 Å². The van der Waals surface area contributed by atoms with Crippen LogP contribution in [-0.4, -0.2) is 25.1 Å². The predicted octanol–water partition coefficient (Wildman–Crippen LogP) is 1.39. The lowest BCUT2D eigenvalue weighted by Crippen LogP contribution is -2.86. The predicted molar refractivity (Wildman–Crippen MR) is 72.5 cm³/mol. The second-order valence-electron chi connectivity index (χ2n) is 4.49. The summed E-state index contributed by atoms with van der Waals surface area (Å²) in [5, 5.41) is 10.6. The van der Waals surface area contributed by atoms with Crippen molar-refractivity contribution in [2.24, 2.45) is 5.73 Å². The number of ether oxygens (including phenoxy) is 1. The van der Waals surface area contributed by atoms with Gasteiger partial charge in [0.25, 0.3) is 0 Å². The van der Waals surface area contributed by atoms with Crippen molar-refractivity contribution in [3.63, 3.8) is 0 Å². The molecule has 1 aromatic carbocycles. The molecule has 1 fully saturated rings. The Morgan fingerprint density at radius 2 is 2.33 bits per heavy atom. The number of nitrogens with two attached hydrogens (primary N) is 2. The fourth-order valence-corrected chi connectivity index (χ4v) is 2.31. The third-order valence-electron chi connectivity index (χ3n) is 3.12. The second kappa shape index (κ2) is 6.29. The van der Waals surface area contributed by atoms with Crippen molar-refractivity contribution in [2.75, 3.05) is 13.2 Å². The quantitative estimate of drug-likeness (QED) is 0.570. The van der Waals surface area contributed by atoms with E-state index >= 15 is 0 Å². The third kappa shape index (κ3) is 3.29. The van der Waals surface area contributed by atoms with Crippen LogP contribution < -0.4 is 11.1 Å². The van der Waals surface area contributed by atoms with Gasteiger partial charge in [0.1, 0.15) is 5.69 Å². The van der Waals surface area contributed by atoms with Crippen LogP contribution in [0.3, 0.4) is 0 Å². The molecule has 0 amide bonds. The highest BCUT2D eigenvalue weighted by molar-refractivity contribution is 6.31. The normalized spacial score (nSPS) is 19.8. The standard InChI is InChI=1S/C13H18ClN3O/c14-9-4-5-12(10(7-9)11(16)8-15)17-13-3-1-2-6-18-13/h4-5,7,13,16-17H,1-3,6,8,15H2/p+1. The van der Waals surface area contributed by atoms with Gasteiger partial charge in [-0.25, -0.2) is 0 Å². The first-order valence-corrected chi connectivity index (χ1v) is 6.62. The van der Waals surface area contributed by atoms with Crippen molar-refractivity contribution in [3.8, 4) is 0 Å². The zero-order chi connectivity index (χ0) is 13.0. The van der Waals surface area contributed by atoms with Gasteiger partial charge < -0.3 is 15.9 Å². The van der Waals surface area contributed by atoms with E-state index in [1.54, 1.807) is 6.07 Å². The highest BCUT2D eigenvalue weighted by Crippen LogP contribution is 2.18. The Morgan fingerprint density at radius 1 is 1.50 bits per heavy atom. The van der Waals surface area contributed by atoms with Crippen LogP contribution in [0.25, 0.3) is 0 Å². The molecule has 4 nitrogen and oxygen atoms in total. The maximum Gasteiger partial charge on any atom is 0.194 e. The highest BCUT2D eigenvalue weighted by Gasteiger charge is 2.20. The van der Waals surface area contributed by atoms with E-state index in [9.17, 15) is 0 Å². The summed E-state index contributed by atoms with van der Waals surface area (Å²) in [5.74, 6) is 0. The Kier molecular flexibility index (Phi) is 4.72. The van der Waals surface area contributed by atoms with Crippen molar-refractivity contribution in [3.05, 3.63) is 28.8 Å². The monoisotopic (exact) mass is 268 g/mol. The molecule has 2 rings (SSSR count). The number of quaternary nitrogens is 1. The summed E-state index contributed by atoms with van der Waals surface area (Å²) in [7, 11) is 0. The summed E-state index contributed by atoms with van der Waals surface area (Å²) in [5.41, 5.74) is 7.74. The Bertz CT molecular complexity index is 430. The average molecular weight is 269 g/mol. The molecule has 0 spiro atoms. The molecule has 0 aliphatic carbocycles. The van der Waals surface area contributed by atoms with Crippen LogP contribution in [-0.2, 0) is 4.74 Å². The average Bonchev–Trinajstić information content (AvgIpc) is 2.41. The summed E-state index contributed by atoms with van der Waals surface area (Å²) >= 11 is 5.98. The van der Waals surface area contributed by atoms with E-state index in [-0.39, 0.29) is 12.8 Å². The molecule has 5 heteroatoms. The highest BCUT2D eigenvalue weighted by atomic mass is 35.5. The molecule has 1 aromatic rings. The molecule has 1 atom stereocenters. The van der Waals surface area contributed by atoms with Crippen LogP contribution in [0.1, 0.15) is 24.8 Å². The fraction of sp³-hybridized carbons (Fsp3) is 0.462. The molecule has 1 heterocycles. The number of halogens is 1. The van der Waals surface area contributed by atoms with Gasteiger partial charge in [-0.2, -0.15) is 0 Å². The van der Waals surface area contributed by atoms with Gasteiger partial charge in [0, 0.05) is 24.1 Å². The summed E-state index contributed by atoms with van der Waals surface area (Å²) in [6.45, 7) is 1.03. The lowest BCUT2D eigenvalue weighted by Gasteiger charge is -2.21. The van der Waals surface area contributed by atoms with Crippen molar-refractivity contribution in [1.29, 1.82) is 5.41 Å². The lowest BCUT2D eigenvalue weighted by molar-refractivity contribution is -0.660. The molecule has 98 valence electrons. The number of hydrogen-bond acceptors (Lipinski definition) is 3. The summed E-state index contributed by atoms with van der Waals surface area (Å²) in [6, 6.07) is 5.56. The molecular weight excluding hydrogens is 250 g/mol. The topological polar surface area (TPSA) is 75.7 Å². The van der Waals surface area contributed by atoms with Crippen LogP contribution in [0, 0.1) is 5.41 Å². The van der Waals surface area contributed by atoms with Gasteiger partial charge in [-0.1, -0.05) is 11.6 Å². The molecule has 0 bridgehead atoms. The van der Waals surface area contributed by atoms with Crippen LogP contribution in [0.5, 0.6) is 0 Å². The number of nitrogens with one attached hydrogen (secondary N) is 1. The number of benzene rings is 1. The number of rotatable bonds is 4.